The number of aromatic nitrogens is 1. The third kappa shape index (κ3) is 5.65. The van der Waals surface area contributed by atoms with Crippen molar-refractivity contribution in [3.8, 4) is 17.0 Å². The molecule has 1 heterocycles. The zero-order valence-electron chi connectivity index (χ0n) is 22.3. The summed E-state index contributed by atoms with van der Waals surface area (Å²) >= 11 is 0. The standard InChI is InChI=1S/C29H29FN2O6S/c1-18(2)28-24(27(31-38-28)23-11-6-7-12-25(23)30)17-37-21-13-14-26(19(3)15-21)32(4)39(34,35)22-10-8-9-20(16-22)29(33)36-5/h6-16,18H,17H2,1-5H3. The molecule has 0 amide bonds. The van der Waals surface area contributed by atoms with Gasteiger partial charge in [0.25, 0.3) is 10.0 Å². The maximum Gasteiger partial charge on any atom is 0.337 e. The van der Waals surface area contributed by atoms with E-state index in [2.05, 4.69) is 5.16 Å². The molecule has 0 spiro atoms. The zero-order chi connectivity index (χ0) is 28.3. The average molecular weight is 553 g/mol. The third-order valence-electron chi connectivity index (χ3n) is 6.28. The second-order valence-electron chi connectivity index (χ2n) is 9.24. The number of ether oxygens (including phenoxy) is 2. The Kier molecular flexibility index (Phi) is 8.06. The molecule has 0 aliphatic heterocycles. The molecule has 0 unspecified atom stereocenters. The molecule has 4 rings (SSSR count). The summed E-state index contributed by atoms with van der Waals surface area (Å²) in [7, 11) is -1.29. The largest absolute Gasteiger partial charge is 0.489 e. The van der Waals surface area contributed by atoms with Gasteiger partial charge in [-0.05, 0) is 61.0 Å². The van der Waals surface area contributed by atoms with E-state index in [9.17, 15) is 17.6 Å². The van der Waals surface area contributed by atoms with Crippen molar-refractivity contribution in [2.75, 3.05) is 18.5 Å². The van der Waals surface area contributed by atoms with Crippen LogP contribution in [0.1, 0.15) is 47.0 Å². The van der Waals surface area contributed by atoms with Gasteiger partial charge in [0.05, 0.1) is 28.8 Å². The summed E-state index contributed by atoms with van der Waals surface area (Å²) in [6, 6.07) is 17.0. The van der Waals surface area contributed by atoms with Crippen LogP contribution in [0.5, 0.6) is 5.75 Å². The van der Waals surface area contributed by atoms with Gasteiger partial charge in [-0.25, -0.2) is 17.6 Å². The second kappa shape index (κ2) is 11.3. The lowest BCUT2D eigenvalue weighted by Gasteiger charge is -2.22. The van der Waals surface area contributed by atoms with E-state index in [0.717, 1.165) is 4.31 Å². The summed E-state index contributed by atoms with van der Waals surface area (Å²) < 4.78 is 58.6. The van der Waals surface area contributed by atoms with Crippen LogP contribution in [0.3, 0.4) is 0 Å². The number of sulfonamides is 1. The molecule has 10 heteroatoms. The normalized spacial score (nSPS) is 11.5. The monoisotopic (exact) mass is 552 g/mol. The SMILES string of the molecule is COC(=O)c1cccc(S(=O)(=O)N(C)c2ccc(OCc3c(-c4ccccc4F)noc3C(C)C)cc2C)c1. The van der Waals surface area contributed by atoms with Crippen LogP contribution < -0.4 is 9.04 Å². The van der Waals surface area contributed by atoms with Crippen molar-refractivity contribution in [2.24, 2.45) is 0 Å². The Bertz CT molecular complexity index is 1610. The molecule has 0 bridgehead atoms. The van der Waals surface area contributed by atoms with Gasteiger partial charge in [-0.3, -0.25) is 4.31 Å². The van der Waals surface area contributed by atoms with E-state index in [4.69, 9.17) is 14.0 Å². The molecule has 0 saturated carbocycles. The van der Waals surface area contributed by atoms with Crippen molar-refractivity contribution < 1.29 is 31.6 Å². The summed E-state index contributed by atoms with van der Waals surface area (Å²) in [4.78, 5) is 11.8. The first-order valence-corrected chi connectivity index (χ1v) is 13.6. The van der Waals surface area contributed by atoms with Crippen LogP contribution in [0.4, 0.5) is 10.1 Å². The van der Waals surface area contributed by atoms with Crippen molar-refractivity contribution in [3.05, 3.63) is 95.0 Å². The Balaban J connectivity index is 1.58. The fourth-order valence-electron chi connectivity index (χ4n) is 4.20. The number of hydrogen-bond acceptors (Lipinski definition) is 7. The Labute approximate surface area is 227 Å². The molecule has 8 nitrogen and oxygen atoms in total. The number of esters is 1. The van der Waals surface area contributed by atoms with E-state index in [-0.39, 0.29) is 23.0 Å². The first-order valence-electron chi connectivity index (χ1n) is 12.2. The highest BCUT2D eigenvalue weighted by molar-refractivity contribution is 7.92. The molecule has 39 heavy (non-hydrogen) atoms. The minimum Gasteiger partial charge on any atom is -0.489 e. The average Bonchev–Trinajstić information content (AvgIpc) is 3.35. The van der Waals surface area contributed by atoms with Gasteiger partial charge in [-0.15, -0.1) is 0 Å². The topological polar surface area (TPSA) is 98.9 Å². The molecule has 0 atom stereocenters. The highest BCUT2D eigenvalue weighted by Crippen LogP contribution is 2.33. The van der Waals surface area contributed by atoms with E-state index < -0.39 is 21.8 Å². The molecule has 4 aromatic rings. The van der Waals surface area contributed by atoms with Crippen LogP contribution in [0.25, 0.3) is 11.3 Å². The Morgan fingerprint density at radius 3 is 2.49 bits per heavy atom. The second-order valence-corrected chi connectivity index (χ2v) is 11.2. The van der Waals surface area contributed by atoms with Crippen LogP contribution in [0.2, 0.25) is 0 Å². The fourth-order valence-corrected chi connectivity index (χ4v) is 5.50. The molecular formula is C29H29FN2O6S. The molecule has 3 aromatic carbocycles. The zero-order valence-corrected chi connectivity index (χ0v) is 23.1. The predicted octanol–water partition coefficient (Wildman–Crippen LogP) is 6.10. The van der Waals surface area contributed by atoms with Gasteiger partial charge in [-0.1, -0.05) is 37.2 Å². The van der Waals surface area contributed by atoms with Gasteiger partial charge >= 0.3 is 5.97 Å². The minimum atomic E-state index is -3.97. The summed E-state index contributed by atoms with van der Waals surface area (Å²) in [5, 5.41) is 4.12. The summed E-state index contributed by atoms with van der Waals surface area (Å²) in [5.74, 6) is 0.0481. The van der Waals surface area contributed by atoms with Gasteiger partial charge in [0.1, 0.15) is 29.6 Å². The van der Waals surface area contributed by atoms with Crippen LogP contribution >= 0.6 is 0 Å². The van der Waals surface area contributed by atoms with E-state index in [1.54, 1.807) is 43.3 Å². The van der Waals surface area contributed by atoms with Crippen molar-refractivity contribution >= 4 is 21.7 Å². The molecule has 0 aliphatic carbocycles. The molecule has 0 radical (unpaired) electrons. The molecule has 1 aromatic heterocycles. The molecule has 204 valence electrons. The number of halogens is 1. The van der Waals surface area contributed by atoms with Crippen LogP contribution in [0.15, 0.2) is 76.1 Å². The van der Waals surface area contributed by atoms with Crippen molar-refractivity contribution in [1.29, 1.82) is 0 Å². The highest BCUT2D eigenvalue weighted by atomic mass is 32.2. The number of methoxy groups -OCH3 is 1. The number of anilines is 1. The smallest absolute Gasteiger partial charge is 0.337 e. The lowest BCUT2D eigenvalue weighted by molar-refractivity contribution is 0.0600. The van der Waals surface area contributed by atoms with E-state index in [1.807, 2.05) is 13.8 Å². The number of carbonyl (C=O) groups excluding carboxylic acids is 1. The number of benzene rings is 3. The van der Waals surface area contributed by atoms with E-state index in [0.29, 0.717) is 39.6 Å². The number of hydrogen-bond donors (Lipinski definition) is 0. The van der Waals surface area contributed by atoms with Crippen molar-refractivity contribution in [3.63, 3.8) is 0 Å². The molecule has 0 fully saturated rings. The number of nitrogens with zero attached hydrogens (tertiary/aromatic N) is 2. The molecular weight excluding hydrogens is 523 g/mol. The first kappa shape index (κ1) is 27.8. The maximum absolute atomic E-state index is 14.5. The van der Waals surface area contributed by atoms with Gasteiger partial charge in [0.2, 0.25) is 0 Å². The Hall–Kier alpha value is -4.18. The predicted molar refractivity (Wildman–Crippen MR) is 145 cm³/mol. The molecule has 0 N–H and O–H groups in total. The van der Waals surface area contributed by atoms with Crippen molar-refractivity contribution in [2.45, 2.75) is 38.2 Å². The van der Waals surface area contributed by atoms with Crippen LogP contribution in [-0.4, -0.2) is 33.7 Å². The van der Waals surface area contributed by atoms with Gasteiger partial charge in [-0.2, -0.15) is 0 Å². The van der Waals surface area contributed by atoms with Gasteiger partial charge in [0.15, 0.2) is 0 Å². The van der Waals surface area contributed by atoms with Crippen LogP contribution in [0, 0.1) is 12.7 Å². The minimum absolute atomic E-state index is 0.00252. The van der Waals surface area contributed by atoms with Crippen molar-refractivity contribution in [1.82, 2.24) is 5.16 Å². The van der Waals surface area contributed by atoms with E-state index >= 15 is 0 Å². The molecule has 0 aliphatic rings. The fraction of sp³-hybridized carbons (Fsp3) is 0.241. The van der Waals surface area contributed by atoms with Crippen LogP contribution in [-0.2, 0) is 21.4 Å². The van der Waals surface area contributed by atoms with Gasteiger partial charge < -0.3 is 14.0 Å². The summed E-state index contributed by atoms with van der Waals surface area (Å²) in [6.45, 7) is 5.74. The maximum atomic E-state index is 14.5. The Morgan fingerprint density at radius 2 is 1.82 bits per heavy atom. The summed E-state index contributed by atoms with van der Waals surface area (Å²) in [6.07, 6.45) is 0. The quantitative estimate of drug-likeness (QED) is 0.231. The number of rotatable bonds is 9. The number of aryl methyl sites for hydroxylation is 1. The highest BCUT2D eigenvalue weighted by Gasteiger charge is 2.25. The summed E-state index contributed by atoms with van der Waals surface area (Å²) in [5.41, 5.74) is 2.56. The first-order chi connectivity index (χ1) is 18.5. The van der Waals surface area contributed by atoms with Gasteiger partial charge in [0, 0.05) is 18.5 Å². The molecule has 0 saturated heterocycles. The Morgan fingerprint density at radius 1 is 1.08 bits per heavy atom. The number of carbonyl (C=O) groups is 1. The lowest BCUT2D eigenvalue weighted by Crippen LogP contribution is -2.27. The third-order valence-corrected chi connectivity index (χ3v) is 8.04. The van der Waals surface area contributed by atoms with E-state index in [1.165, 1.54) is 44.5 Å². The lowest BCUT2D eigenvalue weighted by atomic mass is 10.0.